The highest BCUT2D eigenvalue weighted by atomic mass is 32.1. The molecule has 0 spiro atoms. The van der Waals surface area contributed by atoms with Gasteiger partial charge in [0.05, 0.1) is 5.69 Å². The van der Waals surface area contributed by atoms with E-state index in [-0.39, 0.29) is 12.7 Å². The van der Waals surface area contributed by atoms with Crippen LogP contribution in [0.5, 0.6) is 17.2 Å². The van der Waals surface area contributed by atoms with Gasteiger partial charge in [-0.15, -0.1) is 11.3 Å². The number of ether oxygens (including phenoxy) is 3. The van der Waals surface area contributed by atoms with Gasteiger partial charge in [-0.05, 0) is 31.2 Å². The summed E-state index contributed by atoms with van der Waals surface area (Å²) in [6.07, 6.45) is 0. The van der Waals surface area contributed by atoms with Gasteiger partial charge in [-0.25, -0.2) is 4.98 Å². The Morgan fingerprint density at radius 2 is 2.00 bits per heavy atom. The predicted octanol–water partition coefficient (Wildman–Crippen LogP) is 4.01. The smallest absolute Gasteiger partial charge is 0.267 e. The Hall–Kier alpha value is -3.06. The number of nitrogens with zero attached hydrogens (tertiary/aromatic N) is 1. The number of anilines is 1. The van der Waals surface area contributed by atoms with Crippen molar-refractivity contribution in [1.82, 2.24) is 4.98 Å². The molecule has 4 rings (SSSR count). The van der Waals surface area contributed by atoms with Gasteiger partial charge in [0.2, 0.25) is 6.79 Å². The maximum Gasteiger partial charge on any atom is 0.267 e. The van der Waals surface area contributed by atoms with Gasteiger partial charge in [-0.2, -0.15) is 0 Å². The monoisotopic (exact) mass is 368 g/mol. The molecular formula is C19H16N2O4S. The van der Waals surface area contributed by atoms with Crippen LogP contribution in [0.2, 0.25) is 0 Å². The number of fused-ring (bicyclic) bond motifs is 1. The molecule has 26 heavy (non-hydrogen) atoms. The Morgan fingerprint density at radius 1 is 1.19 bits per heavy atom. The van der Waals surface area contributed by atoms with Gasteiger partial charge in [0.15, 0.2) is 11.5 Å². The van der Waals surface area contributed by atoms with E-state index in [0.717, 1.165) is 10.8 Å². The molecule has 3 aromatic rings. The van der Waals surface area contributed by atoms with E-state index in [9.17, 15) is 4.79 Å². The van der Waals surface area contributed by atoms with Crippen molar-refractivity contribution in [1.29, 1.82) is 0 Å². The molecule has 0 fully saturated rings. The zero-order valence-electron chi connectivity index (χ0n) is 14.0. The molecule has 0 aliphatic carbocycles. The average Bonchev–Trinajstić information content (AvgIpc) is 3.26. The van der Waals surface area contributed by atoms with Gasteiger partial charge in [-0.1, -0.05) is 18.2 Å². The molecule has 1 aromatic heterocycles. The van der Waals surface area contributed by atoms with Crippen molar-refractivity contribution in [2.24, 2.45) is 0 Å². The van der Waals surface area contributed by atoms with Gasteiger partial charge >= 0.3 is 0 Å². The van der Waals surface area contributed by atoms with E-state index in [1.54, 1.807) is 18.2 Å². The van der Waals surface area contributed by atoms with Gasteiger partial charge in [0.1, 0.15) is 22.2 Å². The maximum atomic E-state index is 12.6. The number of aromatic nitrogens is 1. The molecular weight excluding hydrogens is 352 g/mol. The second-order valence-corrected chi connectivity index (χ2v) is 6.73. The quantitative estimate of drug-likeness (QED) is 0.737. The highest BCUT2D eigenvalue weighted by Crippen LogP contribution is 2.34. The molecule has 1 amide bonds. The molecule has 0 bridgehead atoms. The number of hydrogen-bond acceptors (Lipinski definition) is 6. The second kappa shape index (κ2) is 7.05. The number of nitrogens with one attached hydrogen (secondary N) is 1. The number of thiazole rings is 1. The molecule has 132 valence electrons. The van der Waals surface area contributed by atoms with Crippen molar-refractivity contribution in [2.75, 3.05) is 12.1 Å². The fraction of sp³-hybridized carbons (Fsp3) is 0.158. The molecule has 0 saturated heterocycles. The van der Waals surface area contributed by atoms with Crippen LogP contribution in [-0.4, -0.2) is 17.7 Å². The molecule has 2 aromatic carbocycles. The number of hydrogen-bond donors (Lipinski definition) is 1. The first-order valence-corrected chi connectivity index (χ1v) is 8.86. The maximum absolute atomic E-state index is 12.6. The normalized spacial score (nSPS) is 12.0. The van der Waals surface area contributed by atoms with Gasteiger partial charge in [0, 0.05) is 11.8 Å². The van der Waals surface area contributed by atoms with E-state index < -0.39 is 0 Å². The summed E-state index contributed by atoms with van der Waals surface area (Å²) >= 11 is 1.33. The van der Waals surface area contributed by atoms with Crippen LogP contribution in [0.3, 0.4) is 0 Å². The van der Waals surface area contributed by atoms with Gasteiger partial charge in [-0.3, -0.25) is 4.79 Å². The van der Waals surface area contributed by atoms with Crippen molar-refractivity contribution in [2.45, 2.75) is 13.5 Å². The third kappa shape index (κ3) is 3.48. The van der Waals surface area contributed by atoms with Crippen LogP contribution in [0.1, 0.15) is 20.4 Å². The summed E-state index contributed by atoms with van der Waals surface area (Å²) in [7, 11) is 0. The molecule has 0 unspecified atom stereocenters. The SMILES string of the molecule is Cc1nc(COc2ccccc2)sc1C(=O)Nc1ccc2c(c1)OCO2. The van der Waals surface area contributed by atoms with Gasteiger partial charge < -0.3 is 19.5 Å². The van der Waals surface area contributed by atoms with Crippen LogP contribution in [-0.2, 0) is 6.61 Å². The zero-order valence-corrected chi connectivity index (χ0v) is 14.8. The topological polar surface area (TPSA) is 69.7 Å². The van der Waals surface area contributed by atoms with Crippen molar-refractivity contribution < 1.29 is 19.0 Å². The van der Waals surface area contributed by atoms with E-state index >= 15 is 0 Å². The van der Waals surface area contributed by atoms with Crippen molar-refractivity contribution in [3.05, 3.63) is 64.1 Å². The molecule has 7 heteroatoms. The van der Waals surface area contributed by atoms with Crippen molar-refractivity contribution in [3.8, 4) is 17.2 Å². The van der Waals surface area contributed by atoms with Crippen LogP contribution in [0.15, 0.2) is 48.5 Å². The van der Waals surface area contributed by atoms with Crippen LogP contribution in [0.25, 0.3) is 0 Å². The Bertz CT molecular complexity index is 940. The Labute approximate surface area is 154 Å². The Kier molecular flexibility index (Phi) is 4.45. The molecule has 1 N–H and O–H groups in total. The minimum Gasteiger partial charge on any atom is -0.486 e. The number of aryl methyl sites for hydroxylation is 1. The Balaban J connectivity index is 1.44. The van der Waals surface area contributed by atoms with Crippen molar-refractivity contribution >= 4 is 22.9 Å². The predicted molar refractivity (Wildman–Crippen MR) is 98.1 cm³/mol. The van der Waals surface area contributed by atoms with Crippen LogP contribution < -0.4 is 19.5 Å². The van der Waals surface area contributed by atoms with Crippen molar-refractivity contribution in [3.63, 3.8) is 0 Å². The minimum atomic E-state index is -0.204. The molecule has 1 aliphatic rings. The van der Waals surface area contributed by atoms with E-state index in [4.69, 9.17) is 14.2 Å². The molecule has 2 heterocycles. The summed E-state index contributed by atoms with van der Waals surface area (Å²) in [4.78, 5) is 17.6. The first kappa shape index (κ1) is 16.4. The standard InChI is InChI=1S/C19H16N2O4S/c1-12-18(26-17(20-12)10-23-14-5-3-2-4-6-14)19(22)21-13-7-8-15-16(9-13)25-11-24-15/h2-9H,10-11H2,1H3,(H,21,22). The first-order valence-electron chi connectivity index (χ1n) is 8.04. The van der Waals surface area contributed by atoms with E-state index in [0.29, 0.717) is 34.4 Å². The lowest BCUT2D eigenvalue weighted by atomic mass is 10.2. The highest BCUT2D eigenvalue weighted by Gasteiger charge is 2.18. The number of para-hydroxylation sites is 1. The summed E-state index contributed by atoms with van der Waals surface area (Å²) in [5.41, 5.74) is 1.33. The Morgan fingerprint density at radius 3 is 2.85 bits per heavy atom. The summed E-state index contributed by atoms with van der Waals surface area (Å²) in [6, 6.07) is 14.8. The first-order chi connectivity index (χ1) is 12.7. The molecule has 0 saturated carbocycles. The van der Waals surface area contributed by atoms with E-state index in [1.807, 2.05) is 37.3 Å². The summed E-state index contributed by atoms with van der Waals surface area (Å²) < 4.78 is 16.3. The number of carbonyl (C=O) groups excluding carboxylic acids is 1. The average molecular weight is 368 g/mol. The van der Waals surface area contributed by atoms with Gasteiger partial charge in [0.25, 0.3) is 5.91 Å². The lowest BCUT2D eigenvalue weighted by Gasteiger charge is -2.05. The molecule has 6 nitrogen and oxygen atoms in total. The van der Waals surface area contributed by atoms with E-state index in [2.05, 4.69) is 10.3 Å². The third-order valence-electron chi connectivity index (χ3n) is 3.78. The summed E-state index contributed by atoms with van der Waals surface area (Å²) in [5, 5.41) is 3.62. The summed E-state index contributed by atoms with van der Waals surface area (Å²) in [6.45, 7) is 2.34. The third-order valence-corrected chi connectivity index (χ3v) is 4.91. The van der Waals surface area contributed by atoms with Crippen LogP contribution in [0, 0.1) is 6.92 Å². The fourth-order valence-corrected chi connectivity index (χ4v) is 3.42. The lowest BCUT2D eigenvalue weighted by Crippen LogP contribution is -2.11. The largest absolute Gasteiger partial charge is 0.486 e. The van der Waals surface area contributed by atoms with Crippen LogP contribution in [0.4, 0.5) is 5.69 Å². The molecule has 0 atom stereocenters. The lowest BCUT2D eigenvalue weighted by molar-refractivity contribution is 0.103. The second-order valence-electron chi connectivity index (χ2n) is 5.65. The zero-order chi connectivity index (χ0) is 17.9. The van der Waals surface area contributed by atoms with Crippen LogP contribution >= 0.6 is 11.3 Å². The highest BCUT2D eigenvalue weighted by molar-refractivity contribution is 7.13. The number of benzene rings is 2. The number of rotatable bonds is 5. The molecule has 1 aliphatic heterocycles. The fourth-order valence-electron chi connectivity index (χ4n) is 2.55. The minimum absolute atomic E-state index is 0.200. The van der Waals surface area contributed by atoms with E-state index in [1.165, 1.54) is 11.3 Å². The summed E-state index contributed by atoms with van der Waals surface area (Å²) in [5.74, 6) is 1.87. The number of amides is 1. The molecule has 0 radical (unpaired) electrons. The number of carbonyl (C=O) groups is 1.